The highest BCUT2D eigenvalue weighted by atomic mass is 19.3. The minimum absolute atomic E-state index is 0.189. The number of alkyl halides is 2. The summed E-state index contributed by atoms with van der Waals surface area (Å²) in [6.45, 7) is 1.32. The molecular formula is C7H10F2O4. The van der Waals surface area contributed by atoms with E-state index < -0.39 is 30.2 Å². The van der Waals surface area contributed by atoms with Gasteiger partial charge in [-0.05, 0) is 6.42 Å². The van der Waals surface area contributed by atoms with Crippen LogP contribution in [0.5, 0.6) is 0 Å². The van der Waals surface area contributed by atoms with Gasteiger partial charge in [0.25, 0.3) is 0 Å². The van der Waals surface area contributed by atoms with Crippen molar-refractivity contribution < 1.29 is 28.6 Å². The highest BCUT2D eigenvalue weighted by molar-refractivity contribution is 5.77. The van der Waals surface area contributed by atoms with Crippen LogP contribution in [-0.2, 0) is 9.59 Å². The van der Waals surface area contributed by atoms with Crippen molar-refractivity contribution in [3.8, 4) is 0 Å². The lowest BCUT2D eigenvalue weighted by atomic mass is 9.95. The van der Waals surface area contributed by atoms with E-state index in [2.05, 4.69) is 0 Å². The van der Waals surface area contributed by atoms with Crippen LogP contribution in [0.2, 0.25) is 0 Å². The number of carbonyl (C=O) groups is 2. The van der Waals surface area contributed by atoms with Crippen molar-refractivity contribution in [2.45, 2.75) is 25.7 Å². The van der Waals surface area contributed by atoms with Crippen molar-refractivity contribution in [3.63, 3.8) is 0 Å². The molecule has 0 aliphatic rings. The van der Waals surface area contributed by atoms with Gasteiger partial charge in [0.1, 0.15) is 0 Å². The van der Waals surface area contributed by atoms with Crippen LogP contribution in [0.25, 0.3) is 0 Å². The highest BCUT2D eigenvalue weighted by Crippen LogP contribution is 2.30. The summed E-state index contributed by atoms with van der Waals surface area (Å²) in [7, 11) is 0. The minimum Gasteiger partial charge on any atom is -0.481 e. The molecule has 0 saturated carbocycles. The second-order valence-corrected chi connectivity index (χ2v) is 2.63. The Hall–Kier alpha value is -1.20. The lowest BCUT2D eigenvalue weighted by Crippen LogP contribution is -2.38. The summed E-state index contributed by atoms with van der Waals surface area (Å²) in [6, 6.07) is 0. The zero-order chi connectivity index (χ0) is 10.6. The van der Waals surface area contributed by atoms with Crippen molar-refractivity contribution >= 4 is 11.9 Å². The average molecular weight is 196 g/mol. The highest BCUT2D eigenvalue weighted by Gasteiger charge is 2.47. The fraction of sp³-hybridized carbons (Fsp3) is 0.714. The summed E-state index contributed by atoms with van der Waals surface area (Å²) in [5.41, 5.74) is 0. The van der Waals surface area contributed by atoms with Gasteiger partial charge in [-0.15, -0.1) is 0 Å². The van der Waals surface area contributed by atoms with Gasteiger partial charge >= 0.3 is 17.9 Å². The van der Waals surface area contributed by atoms with Crippen molar-refractivity contribution in [3.05, 3.63) is 0 Å². The first kappa shape index (κ1) is 11.8. The maximum atomic E-state index is 12.7. The van der Waals surface area contributed by atoms with Crippen LogP contribution in [0.3, 0.4) is 0 Å². The van der Waals surface area contributed by atoms with E-state index in [1.807, 2.05) is 0 Å². The molecule has 4 nitrogen and oxygen atoms in total. The maximum absolute atomic E-state index is 12.7. The average Bonchev–Trinajstić information content (AvgIpc) is 1.99. The topological polar surface area (TPSA) is 74.6 Å². The minimum atomic E-state index is -3.97. The predicted molar refractivity (Wildman–Crippen MR) is 38.6 cm³/mol. The van der Waals surface area contributed by atoms with Gasteiger partial charge in [-0.2, -0.15) is 8.78 Å². The van der Waals surface area contributed by atoms with Gasteiger partial charge in [-0.3, -0.25) is 4.79 Å². The molecule has 0 aliphatic carbocycles. The zero-order valence-corrected chi connectivity index (χ0v) is 6.96. The van der Waals surface area contributed by atoms with E-state index >= 15 is 0 Å². The smallest absolute Gasteiger partial charge is 0.374 e. The van der Waals surface area contributed by atoms with Crippen molar-refractivity contribution in [2.24, 2.45) is 5.92 Å². The molecule has 0 rings (SSSR count). The Labute approximate surface area is 73.2 Å². The monoisotopic (exact) mass is 196 g/mol. The number of hydrogen-bond acceptors (Lipinski definition) is 2. The fourth-order valence-electron chi connectivity index (χ4n) is 0.914. The Morgan fingerprint density at radius 2 is 1.85 bits per heavy atom. The molecule has 0 heterocycles. The molecule has 2 N–H and O–H groups in total. The lowest BCUT2D eigenvalue weighted by molar-refractivity contribution is -0.175. The molecule has 0 bridgehead atoms. The number of carboxylic acid groups (broad SMARTS) is 2. The Morgan fingerprint density at radius 3 is 2.08 bits per heavy atom. The number of carboxylic acids is 2. The molecule has 1 atom stereocenters. The summed E-state index contributed by atoms with van der Waals surface area (Å²) in [4.78, 5) is 20.2. The standard InChI is InChI=1S/C7H10F2O4/c1-2-4(3-5(10)11)7(8,9)6(12)13/h4H,2-3H2,1H3,(H,10,11)(H,12,13). The Morgan fingerprint density at radius 1 is 1.38 bits per heavy atom. The molecule has 0 aromatic rings. The third kappa shape index (κ3) is 2.96. The summed E-state index contributed by atoms with van der Waals surface area (Å²) in [5.74, 6) is -9.32. The summed E-state index contributed by atoms with van der Waals surface area (Å²) < 4.78 is 25.4. The maximum Gasteiger partial charge on any atom is 0.374 e. The summed E-state index contributed by atoms with van der Waals surface area (Å²) in [5, 5.41) is 16.3. The first-order valence-electron chi connectivity index (χ1n) is 3.65. The van der Waals surface area contributed by atoms with E-state index in [4.69, 9.17) is 10.2 Å². The van der Waals surface area contributed by atoms with Crippen molar-refractivity contribution in [1.82, 2.24) is 0 Å². The number of halogens is 2. The van der Waals surface area contributed by atoms with E-state index in [0.717, 1.165) is 0 Å². The molecule has 0 fully saturated rings. The quantitative estimate of drug-likeness (QED) is 0.692. The van der Waals surface area contributed by atoms with Crippen LogP contribution >= 0.6 is 0 Å². The van der Waals surface area contributed by atoms with Gasteiger partial charge < -0.3 is 10.2 Å². The number of hydrogen-bond donors (Lipinski definition) is 2. The van der Waals surface area contributed by atoms with E-state index in [0.29, 0.717) is 0 Å². The van der Waals surface area contributed by atoms with Crippen LogP contribution < -0.4 is 0 Å². The molecule has 0 radical (unpaired) electrons. The van der Waals surface area contributed by atoms with Crippen molar-refractivity contribution in [2.75, 3.05) is 0 Å². The van der Waals surface area contributed by atoms with Crippen molar-refractivity contribution in [1.29, 1.82) is 0 Å². The molecule has 0 aromatic heterocycles. The first-order chi connectivity index (χ1) is 5.82. The molecule has 0 spiro atoms. The molecule has 1 unspecified atom stereocenters. The normalized spacial score (nSPS) is 13.8. The Bertz CT molecular complexity index is 215. The van der Waals surface area contributed by atoms with Crippen LogP contribution in [0.4, 0.5) is 8.78 Å². The molecule has 76 valence electrons. The molecule has 0 aromatic carbocycles. The molecule has 6 heteroatoms. The van der Waals surface area contributed by atoms with Gasteiger partial charge in [-0.1, -0.05) is 6.92 Å². The zero-order valence-electron chi connectivity index (χ0n) is 6.96. The molecule has 13 heavy (non-hydrogen) atoms. The molecular weight excluding hydrogens is 186 g/mol. The molecule has 0 amide bonds. The van der Waals surface area contributed by atoms with Crippen LogP contribution in [0.1, 0.15) is 19.8 Å². The van der Waals surface area contributed by atoms with Gasteiger partial charge in [0.05, 0.1) is 6.42 Å². The predicted octanol–water partition coefficient (Wildman–Crippen LogP) is 1.21. The second kappa shape index (κ2) is 4.15. The summed E-state index contributed by atoms with van der Waals surface area (Å²) >= 11 is 0. The number of aliphatic carboxylic acids is 2. The van der Waals surface area contributed by atoms with Crippen LogP contribution in [0.15, 0.2) is 0 Å². The SMILES string of the molecule is CCC(CC(=O)O)C(F)(F)C(=O)O. The third-order valence-corrected chi connectivity index (χ3v) is 1.71. The first-order valence-corrected chi connectivity index (χ1v) is 3.65. The molecule has 0 saturated heterocycles. The van der Waals surface area contributed by atoms with E-state index in [1.54, 1.807) is 0 Å². The van der Waals surface area contributed by atoms with Crippen LogP contribution in [0, 0.1) is 5.92 Å². The largest absolute Gasteiger partial charge is 0.481 e. The second-order valence-electron chi connectivity index (χ2n) is 2.63. The Balaban J connectivity index is 4.55. The van der Waals surface area contributed by atoms with Gasteiger partial charge in [0.2, 0.25) is 0 Å². The molecule has 0 aliphatic heterocycles. The van der Waals surface area contributed by atoms with E-state index in [1.165, 1.54) is 6.92 Å². The van der Waals surface area contributed by atoms with Gasteiger partial charge in [-0.25, -0.2) is 4.79 Å². The lowest BCUT2D eigenvalue weighted by Gasteiger charge is -2.19. The van der Waals surface area contributed by atoms with E-state index in [-0.39, 0.29) is 6.42 Å². The van der Waals surface area contributed by atoms with Gasteiger partial charge in [0.15, 0.2) is 0 Å². The third-order valence-electron chi connectivity index (χ3n) is 1.71. The number of rotatable bonds is 5. The van der Waals surface area contributed by atoms with Crippen LogP contribution in [-0.4, -0.2) is 28.1 Å². The van der Waals surface area contributed by atoms with E-state index in [9.17, 15) is 18.4 Å². The Kier molecular flexibility index (Phi) is 3.77. The fourth-order valence-corrected chi connectivity index (χ4v) is 0.914. The van der Waals surface area contributed by atoms with Gasteiger partial charge in [0, 0.05) is 5.92 Å². The summed E-state index contributed by atoms with van der Waals surface area (Å²) in [6.07, 6.45) is -1.03.